The third-order valence-corrected chi connectivity index (χ3v) is 4.08. The first-order chi connectivity index (χ1) is 13.0. The lowest BCUT2D eigenvalue weighted by Crippen LogP contribution is -2.12. The van der Waals surface area contributed by atoms with E-state index in [2.05, 4.69) is 28.6 Å². The van der Waals surface area contributed by atoms with Crippen molar-refractivity contribution in [3.8, 4) is 5.75 Å². The molecule has 1 heterocycles. The molecule has 0 bridgehead atoms. The molecule has 3 aromatic rings. The van der Waals surface area contributed by atoms with Crippen molar-refractivity contribution in [2.45, 2.75) is 20.8 Å². The van der Waals surface area contributed by atoms with Gasteiger partial charge in [-0.05, 0) is 62.7 Å². The lowest BCUT2D eigenvalue weighted by molar-refractivity contribution is 0.102. The lowest BCUT2D eigenvalue weighted by atomic mass is 10.1. The molecule has 2 aromatic carbocycles. The van der Waals surface area contributed by atoms with Crippen LogP contribution in [0.5, 0.6) is 5.75 Å². The number of nitrogens with zero attached hydrogens (tertiary/aromatic N) is 1. The van der Waals surface area contributed by atoms with Crippen LogP contribution >= 0.6 is 0 Å². The predicted molar refractivity (Wildman–Crippen MR) is 109 cm³/mol. The highest BCUT2D eigenvalue weighted by atomic mass is 16.5. The van der Waals surface area contributed by atoms with Gasteiger partial charge >= 0.3 is 0 Å². The summed E-state index contributed by atoms with van der Waals surface area (Å²) < 4.78 is 5.41. The summed E-state index contributed by atoms with van der Waals surface area (Å²) in [6, 6.07) is 15.3. The summed E-state index contributed by atoms with van der Waals surface area (Å²) in [4.78, 5) is 16.7. The maximum atomic E-state index is 12.5. The SMILES string of the molecule is CCOc1ccc(NC(=O)c2cncc(Nc3ccc(C)cc3C)c2)cc1. The molecule has 0 fully saturated rings. The van der Waals surface area contributed by atoms with E-state index < -0.39 is 0 Å². The van der Waals surface area contributed by atoms with Gasteiger partial charge in [0.15, 0.2) is 0 Å². The van der Waals surface area contributed by atoms with Crippen LogP contribution < -0.4 is 15.4 Å². The van der Waals surface area contributed by atoms with Crippen LogP contribution in [0.25, 0.3) is 0 Å². The first-order valence-corrected chi connectivity index (χ1v) is 8.88. The van der Waals surface area contributed by atoms with Gasteiger partial charge < -0.3 is 15.4 Å². The monoisotopic (exact) mass is 361 g/mol. The van der Waals surface area contributed by atoms with Crippen LogP contribution in [0.3, 0.4) is 0 Å². The Morgan fingerprint density at radius 3 is 2.48 bits per heavy atom. The molecular weight excluding hydrogens is 338 g/mol. The normalized spacial score (nSPS) is 10.3. The predicted octanol–water partition coefficient (Wildman–Crippen LogP) is 5.09. The molecule has 0 atom stereocenters. The second-order valence-corrected chi connectivity index (χ2v) is 6.32. The van der Waals surface area contributed by atoms with E-state index in [0.717, 1.165) is 22.7 Å². The number of anilines is 3. The Labute approximate surface area is 159 Å². The van der Waals surface area contributed by atoms with Crippen molar-refractivity contribution in [2.75, 3.05) is 17.2 Å². The first kappa shape index (κ1) is 18.5. The van der Waals surface area contributed by atoms with Crippen LogP contribution in [-0.4, -0.2) is 17.5 Å². The number of hydrogen-bond acceptors (Lipinski definition) is 4. The Morgan fingerprint density at radius 1 is 1.00 bits per heavy atom. The number of hydrogen-bond donors (Lipinski definition) is 2. The lowest BCUT2D eigenvalue weighted by Gasteiger charge is -2.11. The van der Waals surface area contributed by atoms with Gasteiger partial charge in [-0.2, -0.15) is 0 Å². The Morgan fingerprint density at radius 2 is 1.78 bits per heavy atom. The van der Waals surface area contributed by atoms with Gasteiger partial charge in [0.2, 0.25) is 0 Å². The third-order valence-electron chi connectivity index (χ3n) is 4.08. The van der Waals surface area contributed by atoms with Crippen molar-refractivity contribution in [1.29, 1.82) is 0 Å². The van der Waals surface area contributed by atoms with Crippen molar-refractivity contribution >= 4 is 23.0 Å². The quantitative estimate of drug-likeness (QED) is 0.642. The highest BCUT2D eigenvalue weighted by Gasteiger charge is 2.09. The van der Waals surface area contributed by atoms with Crippen LogP contribution in [0.2, 0.25) is 0 Å². The number of ether oxygens (including phenoxy) is 1. The van der Waals surface area contributed by atoms with Gasteiger partial charge in [0.05, 0.1) is 24.1 Å². The van der Waals surface area contributed by atoms with Crippen molar-refractivity contribution in [2.24, 2.45) is 0 Å². The van der Waals surface area contributed by atoms with Crippen LogP contribution in [0, 0.1) is 13.8 Å². The molecule has 0 unspecified atom stereocenters. The fourth-order valence-corrected chi connectivity index (χ4v) is 2.75. The highest BCUT2D eigenvalue weighted by Crippen LogP contribution is 2.22. The summed E-state index contributed by atoms with van der Waals surface area (Å²) in [7, 11) is 0. The minimum Gasteiger partial charge on any atom is -0.494 e. The molecule has 0 aliphatic carbocycles. The molecule has 0 aliphatic rings. The van der Waals surface area contributed by atoms with Gasteiger partial charge in [-0.3, -0.25) is 9.78 Å². The fraction of sp³-hybridized carbons (Fsp3) is 0.182. The summed E-state index contributed by atoms with van der Waals surface area (Å²) in [5.74, 6) is 0.563. The van der Waals surface area contributed by atoms with E-state index in [1.165, 1.54) is 5.56 Å². The number of carbonyl (C=O) groups excluding carboxylic acids is 1. The van der Waals surface area contributed by atoms with Gasteiger partial charge in [-0.1, -0.05) is 17.7 Å². The minimum absolute atomic E-state index is 0.212. The largest absolute Gasteiger partial charge is 0.494 e. The standard InChI is InChI=1S/C22H23N3O2/c1-4-27-20-8-6-18(7-9-20)25-22(26)17-12-19(14-23-13-17)24-21-10-5-15(2)11-16(21)3/h5-14,24H,4H2,1-3H3,(H,25,26). The molecule has 27 heavy (non-hydrogen) atoms. The zero-order valence-corrected chi connectivity index (χ0v) is 15.7. The summed E-state index contributed by atoms with van der Waals surface area (Å²) in [6.45, 7) is 6.65. The van der Waals surface area contributed by atoms with Gasteiger partial charge in [-0.25, -0.2) is 0 Å². The van der Waals surface area contributed by atoms with Crippen molar-refractivity contribution in [3.05, 3.63) is 77.6 Å². The first-order valence-electron chi connectivity index (χ1n) is 8.88. The van der Waals surface area contributed by atoms with Crippen LogP contribution in [0.1, 0.15) is 28.4 Å². The molecule has 1 amide bonds. The second kappa shape index (κ2) is 8.36. The minimum atomic E-state index is -0.212. The molecule has 1 aromatic heterocycles. The fourth-order valence-electron chi connectivity index (χ4n) is 2.75. The zero-order chi connectivity index (χ0) is 19.2. The molecule has 0 radical (unpaired) electrons. The highest BCUT2D eigenvalue weighted by molar-refractivity contribution is 6.04. The topological polar surface area (TPSA) is 63.2 Å². The molecule has 2 N–H and O–H groups in total. The molecule has 0 spiro atoms. The Bertz CT molecular complexity index is 937. The summed E-state index contributed by atoms with van der Waals surface area (Å²) in [5.41, 5.74) is 5.29. The van der Waals surface area contributed by atoms with E-state index in [1.54, 1.807) is 18.5 Å². The zero-order valence-electron chi connectivity index (χ0n) is 15.7. The number of pyridine rings is 1. The van der Waals surface area contributed by atoms with E-state index in [1.807, 2.05) is 50.2 Å². The molecule has 0 saturated carbocycles. The van der Waals surface area contributed by atoms with Crippen LogP contribution in [0.4, 0.5) is 17.1 Å². The number of aryl methyl sites for hydroxylation is 2. The molecule has 0 saturated heterocycles. The summed E-state index contributed by atoms with van der Waals surface area (Å²) in [6.07, 6.45) is 3.25. The van der Waals surface area contributed by atoms with E-state index in [9.17, 15) is 4.79 Å². The van der Waals surface area contributed by atoms with E-state index in [-0.39, 0.29) is 5.91 Å². The van der Waals surface area contributed by atoms with E-state index in [4.69, 9.17) is 4.74 Å². The number of rotatable bonds is 6. The number of amides is 1. The molecule has 5 heteroatoms. The Kier molecular flexibility index (Phi) is 5.71. The van der Waals surface area contributed by atoms with Crippen molar-refractivity contribution in [1.82, 2.24) is 4.98 Å². The second-order valence-electron chi connectivity index (χ2n) is 6.32. The Hall–Kier alpha value is -3.34. The van der Waals surface area contributed by atoms with Crippen LogP contribution in [-0.2, 0) is 0 Å². The maximum absolute atomic E-state index is 12.5. The average Bonchev–Trinajstić information content (AvgIpc) is 2.66. The van der Waals surface area contributed by atoms with Gasteiger partial charge in [0.25, 0.3) is 5.91 Å². The van der Waals surface area contributed by atoms with Gasteiger partial charge in [0.1, 0.15) is 5.75 Å². The molecule has 3 rings (SSSR count). The number of aromatic nitrogens is 1. The third kappa shape index (κ3) is 4.85. The van der Waals surface area contributed by atoms with E-state index >= 15 is 0 Å². The van der Waals surface area contributed by atoms with Gasteiger partial charge in [0, 0.05) is 17.6 Å². The van der Waals surface area contributed by atoms with Crippen molar-refractivity contribution in [3.63, 3.8) is 0 Å². The average molecular weight is 361 g/mol. The van der Waals surface area contributed by atoms with Crippen LogP contribution in [0.15, 0.2) is 60.9 Å². The summed E-state index contributed by atoms with van der Waals surface area (Å²) >= 11 is 0. The number of nitrogens with one attached hydrogen (secondary N) is 2. The number of benzene rings is 2. The molecule has 5 nitrogen and oxygen atoms in total. The number of carbonyl (C=O) groups is 1. The Balaban J connectivity index is 1.71. The van der Waals surface area contributed by atoms with Gasteiger partial charge in [-0.15, -0.1) is 0 Å². The summed E-state index contributed by atoms with van der Waals surface area (Å²) in [5, 5.41) is 6.20. The smallest absolute Gasteiger partial charge is 0.257 e. The molecular formula is C22H23N3O2. The molecule has 138 valence electrons. The van der Waals surface area contributed by atoms with Crippen molar-refractivity contribution < 1.29 is 9.53 Å². The van der Waals surface area contributed by atoms with E-state index in [0.29, 0.717) is 17.9 Å². The maximum Gasteiger partial charge on any atom is 0.257 e. The molecule has 0 aliphatic heterocycles.